The number of fused-ring (bicyclic) bond motifs is 1. The third-order valence-corrected chi connectivity index (χ3v) is 6.65. The third-order valence-electron chi connectivity index (χ3n) is 4.60. The van der Waals surface area contributed by atoms with Crippen molar-refractivity contribution in [2.75, 3.05) is 24.5 Å². The van der Waals surface area contributed by atoms with E-state index in [0.29, 0.717) is 18.0 Å². The van der Waals surface area contributed by atoms with Gasteiger partial charge in [0, 0.05) is 31.9 Å². The molecule has 0 saturated heterocycles. The van der Waals surface area contributed by atoms with E-state index in [0.717, 1.165) is 30.8 Å². The van der Waals surface area contributed by atoms with Crippen LogP contribution >= 0.6 is 0 Å². The minimum atomic E-state index is -3.38. The van der Waals surface area contributed by atoms with Gasteiger partial charge in [0.05, 0.1) is 4.90 Å². The summed E-state index contributed by atoms with van der Waals surface area (Å²) in [4.78, 5) is 2.73. The van der Waals surface area contributed by atoms with Crippen molar-refractivity contribution in [2.24, 2.45) is 0 Å². The summed E-state index contributed by atoms with van der Waals surface area (Å²) in [6.07, 6.45) is 0.893. The van der Waals surface area contributed by atoms with E-state index in [9.17, 15) is 8.42 Å². The van der Waals surface area contributed by atoms with Crippen molar-refractivity contribution in [3.05, 3.63) is 59.7 Å². The lowest BCUT2D eigenvalue weighted by atomic mass is 10.1. The summed E-state index contributed by atoms with van der Waals surface area (Å²) in [5, 5.41) is 0. The van der Waals surface area contributed by atoms with Crippen molar-refractivity contribution < 1.29 is 8.42 Å². The standard InChI is InChI=1S/C19H24N2O2S/c1-3-21(4-2)24(22,23)18-10-11-19-17(14-18)12-13-20(19)15-16-8-6-5-7-9-16/h5-11,14H,3-4,12-13,15H2,1-2H3. The highest BCUT2D eigenvalue weighted by molar-refractivity contribution is 7.89. The summed E-state index contributed by atoms with van der Waals surface area (Å²) in [7, 11) is -3.38. The number of nitrogens with zero attached hydrogens (tertiary/aromatic N) is 2. The normalized spacial score (nSPS) is 14.2. The molecule has 128 valence electrons. The summed E-state index contributed by atoms with van der Waals surface area (Å²) >= 11 is 0. The van der Waals surface area contributed by atoms with Crippen LogP contribution in [0.4, 0.5) is 5.69 Å². The number of hydrogen-bond donors (Lipinski definition) is 0. The van der Waals surface area contributed by atoms with E-state index in [1.807, 2.05) is 44.2 Å². The molecule has 0 spiro atoms. The van der Waals surface area contributed by atoms with Crippen LogP contribution in [0.2, 0.25) is 0 Å². The second-order valence-corrected chi connectivity index (χ2v) is 7.97. The predicted molar refractivity (Wildman–Crippen MR) is 97.7 cm³/mol. The Kier molecular flexibility index (Phi) is 4.92. The Morgan fingerprint density at radius 1 is 1.04 bits per heavy atom. The van der Waals surface area contributed by atoms with E-state index in [1.165, 1.54) is 9.87 Å². The fourth-order valence-corrected chi connectivity index (χ4v) is 4.80. The van der Waals surface area contributed by atoms with Gasteiger partial charge in [-0.1, -0.05) is 44.2 Å². The lowest BCUT2D eigenvalue weighted by molar-refractivity contribution is 0.445. The van der Waals surface area contributed by atoms with Gasteiger partial charge in [0.15, 0.2) is 0 Å². The van der Waals surface area contributed by atoms with Crippen LogP contribution in [-0.4, -0.2) is 32.4 Å². The van der Waals surface area contributed by atoms with Gasteiger partial charge in [0.25, 0.3) is 0 Å². The van der Waals surface area contributed by atoms with Crippen LogP contribution in [-0.2, 0) is 23.0 Å². The highest BCUT2D eigenvalue weighted by Gasteiger charge is 2.25. The first kappa shape index (κ1) is 17.0. The van der Waals surface area contributed by atoms with Gasteiger partial charge < -0.3 is 4.90 Å². The molecular formula is C19H24N2O2S. The Balaban J connectivity index is 1.86. The van der Waals surface area contributed by atoms with Gasteiger partial charge >= 0.3 is 0 Å². The number of hydrogen-bond acceptors (Lipinski definition) is 3. The number of anilines is 1. The van der Waals surface area contributed by atoms with Crippen LogP contribution < -0.4 is 4.90 Å². The molecular weight excluding hydrogens is 320 g/mol. The zero-order valence-electron chi connectivity index (χ0n) is 14.3. The Morgan fingerprint density at radius 2 is 1.75 bits per heavy atom. The molecule has 1 aliphatic heterocycles. The second-order valence-electron chi connectivity index (χ2n) is 6.04. The Hall–Kier alpha value is -1.85. The molecule has 0 aromatic heterocycles. The van der Waals surface area contributed by atoms with Crippen LogP contribution in [0.15, 0.2) is 53.4 Å². The number of rotatable bonds is 6. The van der Waals surface area contributed by atoms with Crippen LogP contribution in [0.1, 0.15) is 25.0 Å². The Bertz CT molecular complexity index is 799. The average Bonchev–Trinajstić information content (AvgIpc) is 2.99. The van der Waals surface area contributed by atoms with Crippen molar-refractivity contribution in [1.82, 2.24) is 4.31 Å². The van der Waals surface area contributed by atoms with E-state index in [4.69, 9.17) is 0 Å². The lowest BCUT2D eigenvalue weighted by Gasteiger charge is -2.21. The van der Waals surface area contributed by atoms with Crippen LogP contribution in [0.5, 0.6) is 0 Å². The van der Waals surface area contributed by atoms with Crippen molar-refractivity contribution in [2.45, 2.75) is 31.7 Å². The summed E-state index contributed by atoms with van der Waals surface area (Å²) in [5.74, 6) is 0. The molecule has 0 unspecified atom stereocenters. The van der Waals surface area contributed by atoms with Crippen LogP contribution in [0.3, 0.4) is 0 Å². The maximum Gasteiger partial charge on any atom is 0.243 e. The van der Waals surface area contributed by atoms with E-state index in [1.54, 1.807) is 6.07 Å². The molecule has 0 fully saturated rings. The highest BCUT2D eigenvalue weighted by atomic mass is 32.2. The molecule has 2 aromatic carbocycles. The molecule has 0 amide bonds. The Morgan fingerprint density at radius 3 is 2.42 bits per heavy atom. The van der Waals surface area contributed by atoms with Gasteiger partial charge in [-0.15, -0.1) is 0 Å². The van der Waals surface area contributed by atoms with Crippen molar-refractivity contribution in [1.29, 1.82) is 0 Å². The Labute approximate surface area is 144 Å². The van der Waals surface area contributed by atoms with Gasteiger partial charge in [0.2, 0.25) is 10.0 Å². The molecule has 1 aliphatic rings. The molecule has 0 bridgehead atoms. The molecule has 3 rings (SSSR count). The first-order chi connectivity index (χ1) is 11.6. The number of benzene rings is 2. The highest BCUT2D eigenvalue weighted by Crippen LogP contribution is 2.32. The van der Waals surface area contributed by atoms with E-state index in [-0.39, 0.29) is 0 Å². The number of sulfonamides is 1. The summed E-state index contributed by atoms with van der Waals surface area (Å²) in [5.41, 5.74) is 3.54. The van der Waals surface area contributed by atoms with Gasteiger partial charge in [-0.05, 0) is 35.7 Å². The molecule has 0 radical (unpaired) electrons. The predicted octanol–water partition coefficient (Wildman–Crippen LogP) is 3.28. The average molecular weight is 344 g/mol. The minimum absolute atomic E-state index is 0.409. The van der Waals surface area contributed by atoms with Crippen molar-refractivity contribution in [3.63, 3.8) is 0 Å². The zero-order valence-corrected chi connectivity index (χ0v) is 15.1. The third kappa shape index (κ3) is 3.19. The molecule has 0 N–H and O–H groups in total. The maximum absolute atomic E-state index is 12.7. The lowest BCUT2D eigenvalue weighted by Crippen LogP contribution is -2.30. The largest absolute Gasteiger partial charge is 0.367 e. The maximum atomic E-state index is 12.7. The molecule has 0 saturated carbocycles. The topological polar surface area (TPSA) is 40.6 Å². The summed E-state index contributed by atoms with van der Waals surface area (Å²) in [6.45, 7) is 6.52. The monoisotopic (exact) mass is 344 g/mol. The van der Waals surface area contributed by atoms with Crippen LogP contribution in [0.25, 0.3) is 0 Å². The molecule has 0 aliphatic carbocycles. The van der Waals surface area contributed by atoms with Gasteiger partial charge in [-0.2, -0.15) is 4.31 Å². The fraction of sp³-hybridized carbons (Fsp3) is 0.368. The minimum Gasteiger partial charge on any atom is -0.367 e. The molecule has 24 heavy (non-hydrogen) atoms. The van der Waals surface area contributed by atoms with Gasteiger partial charge in [-0.3, -0.25) is 0 Å². The van der Waals surface area contributed by atoms with E-state index in [2.05, 4.69) is 17.0 Å². The van der Waals surface area contributed by atoms with Gasteiger partial charge in [-0.25, -0.2) is 8.42 Å². The second kappa shape index (κ2) is 6.95. The quantitative estimate of drug-likeness (QED) is 0.807. The van der Waals surface area contributed by atoms with E-state index < -0.39 is 10.0 Å². The fourth-order valence-electron chi connectivity index (χ4n) is 3.29. The molecule has 5 heteroatoms. The first-order valence-corrected chi connectivity index (χ1v) is 9.92. The summed E-state index contributed by atoms with van der Waals surface area (Å²) < 4.78 is 26.9. The SMILES string of the molecule is CCN(CC)S(=O)(=O)c1ccc2c(c1)CCN2Cc1ccccc1. The molecule has 1 heterocycles. The van der Waals surface area contributed by atoms with Crippen LogP contribution in [0, 0.1) is 0 Å². The van der Waals surface area contributed by atoms with Crippen molar-refractivity contribution >= 4 is 15.7 Å². The smallest absolute Gasteiger partial charge is 0.243 e. The molecule has 2 aromatic rings. The zero-order chi connectivity index (χ0) is 17.2. The van der Waals surface area contributed by atoms with E-state index >= 15 is 0 Å². The first-order valence-electron chi connectivity index (χ1n) is 8.48. The molecule has 0 atom stereocenters. The van der Waals surface area contributed by atoms with Gasteiger partial charge in [0.1, 0.15) is 0 Å². The molecule has 4 nitrogen and oxygen atoms in total. The summed E-state index contributed by atoms with van der Waals surface area (Å²) in [6, 6.07) is 15.9. The van der Waals surface area contributed by atoms with Crippen molar-refractivity contribution in [3.8, 4) is 0 Å².